The molecule has 1 aliphatic carbocycles. The first-order valence-electron chi connectivity index (χ1n) is 6.36. The van der Waals surface area contributed by atoms with Gasteiger partial charge in [0.1, 0.15) is 0 Å². The topological polar surface area (TPSA) is 77.8 Å². The summed E-state index contributed by atoms with van der Waals surface area (Å²) < 4.78 is 0. The van der Waals surface area contributed by atoms with Crippen molar-refractivity contribution in [2.75, 3.05) is 13.2 Å². The molecule has 0 heterocycles. The van der Waals surface area contributed by atoms with Crippen LogP contribution < -0.4 is 0 Å². The molecule has 0 saturated carbocycles. The highest BCUT2D eigenvalue weighted by atomic mass is 16.3. The first-order valence-corrected chi connectivity index (χ1v) is 6.36. The van der Waals surface area contributed by atoms with E-state index in [0.717, 1.165) is 5.57 Å². The lowest BCUT2D eigenvalue weighted by Crippen LogP contribution is -2.43. The lowest BCUT2D eigenvalue weighted by molar-refractivity contribution is -0.121. The number of Topliss-reactive ketones (excluding diaryl/α,β-unsaturated/α-hetero) is 1. The van der Waals surface area contributed by atoms with Crippen molar-refractivity contribution < 1.29 is 20.1 Å². The van der Waals surface area contributed by atoms with Crippen LogP contribution in [0.5, 0.6) is 0 Å². The minimum absolute atomic E-state index is 0.0473. The fourth-order valence-corrected chi connectivity index (χ4v) is 2.24. The van der Waals surface area contributed by atoms with Crippen LogP contribution in [0.15, 0.2) is 34.9 Å². The van der Waals surface area contributed by atoms with Crippen LogP contribution in [-0.2, 0) is 4.79 Å². The normalized spacial score (nSPS) is 29.5. The monoisotopic (exact) mass is 266 g/mol. The van der Waals surface area contributed by atoms with Crippen LogP contribution in [0.1, 0.15) is 27.2 Å². The van der Waals surface area contributed by atoms with Crippen molar-refractivity contribution in [2.24, 2.45) is 5.41 Å². The molecule has 106 valence electrons. The summed E-state index contributed by atoms with van der Waals surface area (Å²) in [5.74, 6) is -0.0955. The predicted octanol–water partition coefficient (Wildman–Crippen LogP) is 1.13. The molecule has 0 saturated heterocycles. The van der Waals surface area contributed by atoms with Crippen molar-refractivity contribution in [1.82, 2.24) is 0 Å². The molecule has 0 aromatic rings. The molecule has 19 heavy (non-hydrogen) atoms. The molecule has 1 aliphatic rings. The standard InChI is InChI=1S/C15H22O4/c1-10(6-7-16)4-5-12-11(2)13(18)8-14(19)15(12,3)9-17/h4-6,14,16-17,19H,7-9H2,1-3H3. The van der Waals surface area contributed by atoms with Crippen molar-refractivity contribution in [3.8, 4) is 0 Å². The molecule has 3 N–H and O–H groups in total. The Balaban J connectivity index is 3.21. The number of aliphatic hydroxyl groups excluding tert-OH is 3. The van der Waals surface area contributed by atoms with E-state index in [1.807, 2.05) is 6.92 Å². The Morgan fingerprint density at radius 1 is 1.47 bits per heavy atom. The predicted molar refractivity (Wildman–Crippen MR) is 73.5 cm³/mol. The molecule has 4 nitrogen and oxygen atoms in total. The highest BCUT2D eigenvalue weighted by Crippen LogP contribution is 2.39. The van der Waals surface area contributed by atoms with Gasteiger partial charge in [-0.3, -0.25) is 4.79 Å². The zero-order chi connectivity index (χ0) is 14.6. The quantitative estimate of drug-likeness (QED) is 0.667. The minimum atomic E-state index is -0.879. The number of carbonyl (C=O) groups is 1. The van der Waals surface area contributed by atoms with E-state index in [1.165, 1.54) is 0 Å². The van der Waals surface area contributed by atoms with Gasteiger partial charge in [0, 0.05) is 11.8 Å². The molecule has 0 aliphatic heterocycles. The van der Waals surface area contributed by atoms with E-state index < -0.39 is 11.5 Å². The molecule has 4 heteroatoms. The van der Waals surface area contributed by atoms with Crippen molar-refractivity contribution >= 4 is 5.78 Å². The summed E-state index contributed by atoms with van der Waals surface area (Å²) in [6, 6.07) is 0. The Bertz CT molecular complexity index is 445. The lowest BCUT2D eigenvalue weighted by Gasteiger charge is -2.38. The zero-order valence-electron chi connectivity index (χ0n) is 11.7. The number of rotatable bonds is 4. The fourth-order valence-electron chi connectivity index (χ4n) is 2.24. The Labute approximate surface area is 113 Å². The Morgan fingerprint density at radius 3 is 2.63 bits per heavy atom. The van der Waals surface area contributed by atoms with E-state index >= 15 is 0 Å². The number of hydrogen-bond acceptors (Lipinski definition) is 4. The van der Waals surface area contributed by atoms with E-state index in [2.05, 4.69) is 0 Å². The van der Waals surface area contributed by atoms with Crippen LogP contribution in [-0.4, -0.2) is 40.4 Å². The van der Waals surface area contributed by atoms with Gasteiger partial charge in [-0.2, -0.15) is 0 Å². The number of allylic oxidation sites excluding steroid dienone is 4. The largest absolute Gasteiger partial charge is 0.395 e. The molecule has 0 radical (unpaired) electrons. The van der Waals surface area contributed by atoms with Crippen LogP contribution in [0.3, 0.4) is 0 Å². The summed E-state index contributed by atoms with van der Waals surface area (Å²) in [5, 5.41) is 28.4. The average Bonchev–Trinajstić information content (AvgIpc) is 2.36. The molecule has 0 spiro atoms. The molecule has 0 aromatic carbocycles. The Kier molecular flexibility index (Phi) is 5.23. The first kappa shape index (κ1) is 15.8. The van der Waals surface area contributed by atoms with Crippen LogP contribution >= 0.6 is 0 Å². The molecule has 0 bridgehead atoms. The van der Waals surface area contributed by atoms with Gasteiger partial charge >= 0.3 is 0 Å². The van der Waals surface area contributed by atoms with Gasteiger partial charge in [0.15, 0.2) is 5.78 Å². The fraction of sp³-hybridized carbons (Fsp3) is 0.533. The van der Waals surface area contributed by atoms with Gasteiger partial charge in [-0.05, 0) is 25.0 Å². The second-order valence-corrected chi connectivity index (χ2v) is 5.22. The molecule has 2 atom stereocenters. The second-order valence-electron chi connectivity index (χ2n) is 5.22. The Hall–Kier alpha value is -1.23. The van der Waals surface area contributed by atoms with Crippen LogP contribution in [0.2, 0.25) is 0 Å². The summed E-state index contributed by atoms with van der Waals surface area (Å²) in [4.78, 5) is 11.8. The number of ketones is 1. The first-order chi connectivity index (χ1) is 8.86. The molecular formula is C15H22O4. The van der Waals surface area contributed by atoms with Crippen molar-refractivity contribution in [2.45, 2.75) is 33.3 Å². The highest BCUT2D eigenvalue weighted by Gasteiger charge is 2.41. The van der Waals surface area contributed by atoms with Gasteiger partial charge in [-0.1, -0.05) is 30.7 Å². The van der Waals surface area contributed by atoms with Gasteiger partial charge < -0.3 is 15.3 Å². The van der Waals surface area contributed by atoms with Crippen LogP contribution in [0, 0.1) is 5.41 Å². The van der Waals surface area contributed by atoms with Crippen molar-refractivity contribution in [3.05, 3.63) is 34.9 Å². The van der Waals surface area contributed by atoms with E-state index in [-0.39, 0.29) is 25.4 Å². The third-order valence-electron chi connectivity index (χ3n) is 3.81. The molecule has 0 fully saturated rings. The third kappa shape index (κ3) is 3.21. The number of aliphatic hydroxyl groups is 3. The smallest absolute Gasteiger partial charge is 0.161 e. The van der Waals surface area contributed by atoms with Gasteiger partial charge in [-0.15, -0.1) is 0 Å². The molecule has 0 aromatic heterocycles. The molecule has 2 unspecified atom stereocenters. The molecule has 0 amide bonds. The van der Waals surface area contributed by atoms with Crippen molar-refractivity contribution in [1.29, 1.82) is 0 Å². The van der Waals surface area contributed by atoms with Gasteiger partial charge in [-0.25, -0.2) is 0 Å². The van der Waals surface area contributed by atoms with Crippen molar-refractivity contribution in [3.63, 3.8) is 0 Å². The maximum Gasteiger partial charge on any atom is 0.161 e. The Morgan fingerprint density at radius 2 is 2.11 bits per heavy atom. The average molecular weight is 266 g/mol. The molecular weight excluding hydrogens is 244 g/mol. The van der Waals surface area contributed by atoms with E-state index in [4.69, 9.17) is 5.11 Å². The molecule has 1 rings (SSSR count). The third-order valence-corrected chi connectivity index (χ3v) is 3.81. The maximum atomic E-state index is 11.8. The highest BCUT2D eigenvalue weighted by molar-refractivity contribution is 5.97. The van der Waals surface area contributed by atoms with E-state index in [1.54, 1.807) is 32.1 Å². The van der Waals surface area contributed by atoms with Gasteiger partial charge in [0.2, 0.25) is 0 Å². The summed E-state index contributed by atoms with van der Waals surface area (Å²) in [5.41, 5.74) is 1.27. The zero-order valence-corrected chi connectivity index (χ0v) is 11.7. The maximum absolute atomic E-state index is 11.8. The minimum Gasteiger partial charge on any atom is -0.395 e. The summed E-state index contributed by atoms with van der Waals surface area (Å²) >= 11 is 0. The van der Waals surface area contributed by atoms with Crippen LogP contribution in [0.4, 0.5) is 0 Å². The number of hydrogen-bond donors (Lipinski definition) is 3. The van der Waals surface area contributed by atoms with Gasteiger partial charge in [0.05, 0.1) is 19.3 Å². The number of carbonyl (C=O) groups excluding carboxylic acids is 1. The SMILES string of the molecule is CC(C=CC1=C(C)C(=O)CC(O)C1(C)CO)=CCO. The van der Waals surface area contributed by atoms with Crippen LogP contribution in [0.25, 0.3) is 0 Å². The summed E-state index contributed by atoms with van der Waals surface area (Å²) in [6.07, 6.45) is 4.33. The van der Waals surface area contributed by atoms with Gasteiger partial charge in [0.25, 0.3) is 0 Å². The lowest BCUT2D eigenvalue weighted by atomic mass is 9.69. The van der Waals surface area contributed by atoms with E-state index in [0.29, 0.717) is 11.1 Å². The van der Waals surface area contributed by atoms with E-state index in [9.17, 15) is 15.0 Å². The summed E-state index contributed by atoms with van der Waals surface area (Å²) in [7, 11) is 0. The second kappa shape index (κ2) is 6.28. The summed E-state index contributed by atoms with van der Waals surface area (Å²) in [6.45, 7) is 5.03.